The Morgan fingerprint density at radius 3 is 2.60 bits per heavy atom. The van der Waals surface area contributed by atoms with E-state index < -0.39 is 63.7 Å². The van der Waals surface area contributed by atoms with E-state index >= 15 is 4.39 Å². The molecule has 1 aromatic carbocycles. The summed E-state index contributed by atoms with van der Waals surface area (Å²) in [4.78, 5) is 15.3. The SMILES string of the molecule is Cc1c(F)c(N)cc(-c2nc3c4c(nc(O[C@@]5(C)CC[C@H]5O)nc4c2F)N2C[C@H]4CC[C@H](N4)[C@H]2[C@H](C)O3)c1C(F)(F)F. The second-order valence-corrected chi connectivity index (χ2v) is 11.9. The van der Waals surface area contributed by atoms with Crippen LogP contribution in [0.4, 0.5) is 33.5 Å². The van der Waals surface area contributed by atoms with Gasteiger partial charge in [-0.1, -0.05) is 0 Å². The van der Waals surface area contributed by atoms with E-state index in [1.807, 2.05) is 11.8 Å². The minimum absolute atomic E-state index is 0.0223. The molecule has 0 unspecified atom stereocenters. The Hall–Kier alpha value is -3.52. The number of nitrogens with zero attached hydrogens (tertiary/aromatic N) is 4. The average Bonchev–Trinajstić information content (AvgIpc) is 3.25. The maximum absolute atomic E-state index is 16.6. The normalized spacial score (nSPS) is 30.0. The number of ether oxygens (including phenoxy) is 2. The largest absolute Gasteiger partial charge is 0.472 e. The van der Waals surface area contributed by atoms with Crippen LogP contribution in [0.25, 0.3) is 22.2 Å². The molecule has 6 atom stereocenters. The van der Waals surface area contributed by atoms with Gasteiger partial charge in [0.25, 0.3) is 0 Å². The third-order valence-corrected chi connectivity index (χ3v) is 9.24. The molecular weight excluding hydrogens is 563 g/mol. The highest BCUT2D eigenvalue weighted by molar-refractivity contribution is 5.97. The number of piperazine rings is 1. The fourth-order valence-corrected chi connectivity index (χ4v) is 6.89. The first-order valence-electron chi connectivity index (χ1n) is 13.9. The van der Waals surface area contributed by atoms with Crippen molar-refractivity contribution < 1.29 is 36.5 Å². The van der Waals surface area contributed by atoms with Gasteiger partial charge in [0.2, 0.25) is 5.88 Å². The van der Waals surface area contributed by atoms with Crippen molar-refractivity contribution in [1.29, 1.82) is 0 Å². The van der Waals surface area contributed by atoms with Crippen molar-refractivity contribution in [3.05, 3.63) is 28.8 Å². The highest BCUT2D eigenvalue weighted by Crippen LogP contribution is 2.48. The quantitative estimate of drug-likeness (QED) is 0.303. The molecule has 5 heterocycles. The third kappa shape index (κ3) is 3.90. The van der Waals surface area contributed by atoms with Crippen LogP contribution < -0.4 is 25.4 Å². The number of rotatable bonds is 3. The number of alkyl halides is 3. The van der Waals surface area contributed by atoms with Crippen molar-refractivity contribution in [2.75, 3.05) is 17.2 Å². The second-order valence-electron chi connectivity index (χ2n) is 11.9. The number of halogens is 5. The number of hydrogen-bond acceptors (Lipinski definition) is 9. The summed E-state index contributed by atoms with van der Waals surface area (Å²) in [6, 6.07) is 0.415. The van der Waals surface area contributed by atoms with Gasteiger partial charge < -0.3 is 30.5 Å². The van der Waals surface area contributed by atoms with Crippen molar-refractivity contribution in [3.63, 3.8) is 0 Å². The van der Waals surface area contributed by atoms with Gasteiger partial charge in [-0.2, -0.15) is 23.1 Å². The van der Waals surface area contributed by atoms with E-state index in [1.165, 1.54) is 0 Å². The van der Waals surface area contributed by atoms with Crippen LogP contribution in [-0.2, 0) is 6.18 Å². The number of aliphatic hydroxyl groups excluding tert-OH is 1. The van der Waals surface area contributed by atoms with E-state index in [4.69, 9.17) is 15.2 Å². The Balaban J connectivity index is 1.51. The Kier molecular flexibility index (Phi) is 5.85. The number of hydrogen-bond donors (Lipinski definition) is 3. The van der Waals surface area contributed by atoms with Crippen LogP contribution in [0.5, 0.6) is 11.9 Å². The van der Waals surface area contributed by atoms with Crippen LogP contribution in [0.2, 0.25) is 0 Å². The summed E-state index contributed by atoms with van der Waals surface area (Å²) in [5, 5.41) is 14.0. The Morgan fingerprint density at radius 2 is 1.93 bits per heavy atom. The number of benzene rings is 1. The van der Waals surface area contributed by atoms with Gasteiger partial charge in [-0.05, 0) is 58.1 Å². The zero-order valence-electron chi connectivity index (χ0n) is 23.0. The molecule has 4 N–H and O–H groups in total. The average molecular weight is 593 g/mol. The van der Waals surface area contributed by atoms with Crippen LogP contribution in [0, 0.1) is 18.6 Å². The number of fused-ring (bicyclic) bond motifs is 5. The molecule has 3 aliphatic heterocycles. The van der Waals surface area contributed by atoms with Crippen LogP contribution in [0.15, 0.2) is 6.07 Å². The van der Waals surface area contributed by atoms with E-state index in [9.17, 15) is 22.7 Å². The molecule has 0 radical (unpaired) electrons. The highest BCUT2D eigenvalue weighted by atomic mass is 19.4. The lowest BCUT2D eigenvalue weighted by Crippen LogP contribution is -2.62. The first-order valence-corrected chi connectivity index (χ1v) is 13.9. The van der Waals surface area contributed by atoms with Crippen molar-refractivity contribution in [1.82, 2.24) is 20.3 Å². The topological polar surface area (TPSA) is 119 Å². The summed E-state index contributed by atoms with van der Waals surface area (Å²) in [7, 11) is 0. The number of nitrogens with two attached hydrogens (primary N) is 1. The molecule has 42 heavy (non-hydrogen) atoms. The molecule has 1 aliphatic carbocycles. The molecule has 2 aromatic heterocycles. The van der Waals surface area contributed by atoms with E-state index in [-0.39, 0.29) is 40.9 Å². The highest BCUT2D eigenvalue weighted by Gasteiger charge is 2.49. The molecule has 7 rings (SSSR count). The van der Waals surface area contributed by atoms with E-state index in [2.05, 4.69) is 20.3 Å². The molecule has 9 nitrogen and oxygen atoms in total. The van der Waals surface area contributed by atoms with Gasteiger partial charge in [0.15, 0.2) is 5.82 Å². The molecule has 4 aliphatic rings. The lowest BCUT2D eigenvalue weighted by atomic mass is 9.78. The second kappa shape index (κ2) is 8.99. The molecule has 14 heteroatoms. The molecular formula is C28H29F5N6O3. The van der Waals surface area contributed by atoms with Crippen molar-refractivity contribution in [2.24, 2.45) is 0 Å². The van der Waals surface area contributed by atoms with Crippen molar-refractivity contribution in [2.45, 2.75) is 88.6 Å². The molecule has 224 valence electrons. The lowest BCUT2D eigenvalue weighted by Gasteiger charge is -2.44. The van der Waals surface area contributed by atoms with E-state index in [1.54, 1.807) is 6.92 Å². The molecule has 0 spiro atoms. The number of nitrogens with one attached hydrogen (secondary N) is 1. The standard InChI is InChI=1S/C28H29F5N6O3/c1-10-18(28(31,32)33)13(8-14(34)19(10)29)21-20(30)22-17-24(38-26(37-22)42-27(3)7-6-16(27)40)39-9-12-4-5-15(35-12)23(39)11(2)41-25(17)36-21/h8,11-12,15-16,23,35,40H,4-7,9,34H2,1-3H3/t11-,12+,15-,16+,23+,27-/m0/s1. The number of anilines is 2. The molecule has 1 saturated carbocycles. The van der Waals surface area contributed by atoms with Gasteiger partial charge in [0, 0.05) is 24.2 Å². The fraction of sp³-hybridized carbons (Fsp3) is 0.536. The maximum Gasteiger partial charge on any atom is 0.417 e. The summed E-state index contributed by atoms with van der Waals surface area (Å²) in [6.07, 6.45) is -3.57. The minimum Gasteiger partial charge on any atom is -0.472 e. The first kappa shape index (κ1) is 27.3. The van der Waals surface area contributed by atoms with Crippen molar-refractivity contribution >= 4 is 22.4 Å². The first-order chi connectivity index (χ1) is 19.8. The van der Waals surface area contributed by atoms with Gasteiger partial charge in [-0.15, -0.1) is 0 Å². The predicted molar refractivity (Wildman–Crippen MR) is 142 cm³/mol. The van der Waals surface area contributed by atoms with Gasteiger partial charge in [-0.25, -0.2) is 13.8 Å². The van der Waals surface area contributed by atoms with Crippen LogP contribution in [0.1, 0.15) is 50.7 Å². The number of pyridine rings is 1. The van der Waals surface area contributed by atoms with Crippen LogP contribution >= 0.6 is 0 Å². The van der Waals surface area contributed by atoms with E-state index in [0.29, 0.717) is 25.2 Å². The van der Waals surface area contributed by atoms with Gasteiger partial charge in [-0.3, -0.25) is 0 Å². The summed E-state index contributed by atoms with van der Waals surface area (Å²) in [5.41, 5.74) is 0.100. The lowest BCUT2D eigenvalue weighted by molar-refractivity contribution is -0.137. The summed E-state index contributed by atoms with van der Waals surface area (Å²) in [5.74, 6) is -2.30. The molecule has 0 amide bonds. The van der Waals surface area contributed by atoms with Crippen molar-refractivity contribution in [3.8, 4) is 23.1 Å². The monoisotopic (exact) mass is 592 g/mol. The van der Waals surface area contributed by atoms with Gasteiger partial charge in [0.05, 0.1) is 23.4 Å². The number of aliphatic hydroxyl groups is 1. The Labute approximate surface area is 237 Å². The number of nitrogen functional groups attached to an aromatic ring is 1. The zero-order chi connectivity index (χ0) is 29.9. The minimum atomic E-state index is -5.05. The zero-order valence-corrected chi connectivity index (χ0v) is 23.0. The summed E-state index contributed by atoms with van der Waals surface area (Å²) in [6.45, 7) is 4.96. The molecule has 2 bridgehead atoms. The Bertz CT molecular complexity index is 1640. The summed E-state index contributed by atoms with van der Waals surface area (Å²) >= 11 is 0. The maximum atomic E-state index is 16.6. The summed E-state index contributed by atoms with van der Waals surface area (Å²) < 4.78 is 86.3. The molecule has 2 saturated heterocycles. The van der Waals surface area contributed by atoms with Crippen LogP contribution in [-0.4, -0.2) is 62.5 Å². The fourth-order valence-electron chi connectivity index (χ4n) is 6.89. The smallest absolute Gasteiger partial charge is 0.417 e. The molecule has 3 aromatic rings. The van der Waals surface area contributed by atoms with Crippen LogP contribution in [0.3, 0.4) is 0 Å². The predicted octanol–water partition coefficient (Wildman–Crippen LogP) is 4.26. The Morgan fingerprint density at radius 1 is 1.17 bits per heavy atom. The number of aromatic nitrogens is 3. The van der Waals surface area contributed by atoms with Gasteiger partial charge >= 0.3 is 12.2 Å². The molecule has 3 fully saturated rings. The van der Waals surface area contributed by atoms with Gasteiger partial charge in [0.1, 0.15) is 39.9 Å². The van der Waals surface area contributed by atoms with E-state index in [0.717, 1.165) is 25.8 Å². The third-order valence-electron chi connectivity index (χ3n) is 9.24.